The van der Waals surface area contributed by atoms with Gasteiger partial charge in [-0.2, -0.15) is 0 Å². The van der Waals surface area contributed by atoms with Crippen molar-refractivity contribution in [3.63, 3.8) is 0 Å². The van der Waals surface area contributed by atoms with Gasteiger partial charge < -0.3 is 14.2 Å². The fourth-order valence-corrected chi connectivity index (χ4v) is 2.68. The molecule has 1 aromatic rings. The van der Waals surface area contributed by atoms with Crippen LogP contribution in [-0.2, 0) is 14.3 Å². The van der Waals surface area contributed by atoms with Crippen LogP contribution in [0.1, 0.15) is 17.3 Å². The number of carbonyl (C=O) groups is 2. The van der Waals surface area contributed by atoms with E-state index in [9.17, 15) is 9.59 Å². The van der Waals surface area contributed by atoms with Crippen LogP contribution in [0.2, 0.25) is 0 Å². The Balaban J connectivity index is 2.85. The average molecular weight is 396 g/mol. The van der Waals surface area contributed by atoms with Crippen LogP contribution >= 0.6 is 31.9 Å². The maximum atomic E-state index is 11.4. The third-order valence-electron chi connectivity index (χ3n) is 2.06. The summed E-state index contributed by atoms with van der Waals surface area (Å²) in [7, 11) is 1.30. The van der Waals surface area contributed by atoms with Crippen LogP contribution in [-0.4, -0.2) is 32.3 Å². The van der Waals surface area contributed by atoms with Crippen LogP contribution in [0.25, 0.3) is 0 Å². The summed E-state index contributed by atoms with van der Waals surface area (Å²) in [5.41, 5.74) is 0.365. The van der Waals surface area contributed by atoms with Crippen molar-refractivity contribution in [2.24, 2.45) is 0 Å². The molecule has 0 aliphatic heterocycles. The first-order valence-electron chi connectivity index (χ1n) is 5.35. The van der Waals surface area contributed by atoms with Gasteiger partial charge in [0.2, 0.25) is 0 Å². The minimum absolute atomic E-state index is 0.206. The fourth-order valence-electron chi connectivity index (χ4n) is 1.27. The molecule has 0 saturated carbocycles. The van der Waals surface area contributed by atoms with Gasteiger partial charge in [0.25, 0.3) is 0 Å². The maximum absolute atomic E-state index is 11.4. The van der Waals surface area contributed by atoms with Crippen molar-refractivity contribution >= 4 is 43.8 Å². The molecule has 0 aromatic heterocycles. The Morgan fingerprint density at radius 3 is 2.26 bits per heavy atom. The van der Waals surface area contributed by atoms with Crippen molar-refractivity contribution in [3.05, 3.63) is 26.6 Å². The number of ether oxygens (including phenoxy) is 3. The highest BCUT2D eigenvalue weighted by Gasteiger charge is 2.15. The van der Waals surface area contributed by atoms with Crippen molar-refractivity contribution in [1.29, 1.82) is 0 Å². The summed E-state index contributed by atoms with van der Waals surface area (Å²) in [4.78, 5) is 22.6. The number of halogens is 2. The van der Waals surface area contributed by atoms with E-state index in [0.29, 0.717) is 26.9 Å². The topological polar surface area (TPSA) is 61.8 Å². The van der Waals surface area contributed by atoms with Gasteiger partial charge in [0.05, 0.1) is 28.2 Å². The van der Waals surface area contributed by atoms with E-state index in [1.165, 1.54) is 7.11 Å². The van der Waals surface area contributed by atoms with E-state index in [1.807, 2.05) is 0 Å². The van der Waals surface area contributed by atoms with Gasteiger partial charge in [-0.15, -0.1) is 0 Å². The molecule has 7 heteroatoms. The molecule has 0 bridgehead atoms. The Morgan fingerprint density at radius 1 is 1.21 bits per heavy atom. The highest BCUT2D eigenvalue weighted by molar-refractivity contribution is 9.11. The monoisotopic (exact) mass is 394 g/mol. The van der Waals surface area contributed by atoms with E-state index in [2.05, 4.69) is 36.6 Å². The summed E-state index contributed by atoms with van der Waals surface area (Å²) in [5.74, 6) is -0.502. The molecule has 0 radical (unpaired) electrons. The molecule has 0 atom stereocenters. The Hall–Kier alpha value is -1.08. The Kier molecular flexibility index (Phi) is 6.30. The van der Waals surface area contributed by atoms with E-state index in [0.717, 1.165) is 0 Å². The van der Waals surface area contributed by atoms with E-state index >= 15 is 0 Å². The molecule has 0 N–H and O–H groups in total. The zero-order chi connectivity index (χ0) is 14.4. The van der Waals surface area contributed by atoms with E-state index in [1.54, 1.807) is 19.1 Å². The lowest BCUT2D eigenvalue weighted by atomic mass is 10.2. The fraction of sp³-hybridized carbons (Fsp3) is 0.333. The van der Waals surface area contributed by atoms with E-state index in [4.69, 9.17) is 9.47 Å². The molecular formula is C12H12Br2O5. The minimum atomic E-state index is -0.460. The van der Waals surface area contributed by atoms with Crippen molar-refractivity contribution in [2.75, 3.05) is 20.3 Å². The molecule has 0 aliphatic carbocycles. The predicted molar refractivity (Wildman–Crippen MR) is 75.3 cm³/mol. The Bertz CT molecular complexity index is 464. The van der Waals surface area contributed by atoms with Gasteiger partial charge >= 0.3 is 11.9 Å². The van der Waals surface area contributed by atoms with Gasteiger partial charge in [-0.1, -0.05) is 0 Å². The predicted octanol–water partition coefficient (Wildman–Crippen LogP) is 2.94. The molecule has 0 fully saturated rings. The summed E-state index contributed by atoms with van der Waals surface area (Å²) in [6, 6.07) is 3.11. The molecular weight excluding hydrogens is 384 g/mol. The molecule has 5 nitrogen and oxygen atoms in total. The first kappa shape index (κ1) is 16.0. The van der Waals surface area contributed by atoms with Crippen LogP contribution in [0, 0.1) is 0 Å². The van der Waals surface area contributed by atoms with Crippen molar-refractivity contribution in [3.8, 4) is 5.75 Å². The van der Waals surface area contributed by atoms with Crippen molar-refractivity contribution in [2.45, 2.75) is 6.92 Å². The van der Waals surface area contributed by atoms with Gasteiger partial charge in [-0.25, -0.2) is 9.59 Å². The van der Waals surface area contributed by atoms with Gasteiger partial charge in [0.1, 0.15) is 5.75 Å². The molecule has 19 heavy (non-hydrogen) atoms. The van der Waals surface area contributed by atoms with Gasteiger partial charge in [0.15, 0.2) is 6.61 Å². The number of esters is 2. The second-order valence-electron chi connectivity index (χ2n) is 3.35. The number of benzene rings is 1. The Labute approximate surface area is 127 Å². The summed E-state index contributed by atoms with van der Waals surface area (Å²) in [5, 5.41) is 0. The van der Waals surface area contributed by atoms with Gasteiger partial charge in [-0.3, -0.25) is 0 Å². The van der Waals surface area contributed by atoms with E-state index in [-0.39, 0.29) is 6.61 Å². The second kappa shape index (κ2) is 7.49. The van der Waals surface area contributed by atoms with E-state index < -0.39 is 11.9 Å². The first-order chi connectivity index (χ1) is 8.99. The number of methoxy groups -OCH3 is 1. The van der Waals surface area contributed by atoms with Crippen LogP contribution in [0.5, 0.6) is 5.75 Å². The SMILES string of the molecule is CCOC(=O)COc1c(Br)cc(C(=O)OC)cc1Br. The molecule has 0 aliphatic rings. The van der Waals surface area contributed by atoms with Gasteiger partial charge in [0, 0.05) is 0 Å². The first-order valence-corrected chi connectivity index (χ1v) is 6.94. The van der Waals surface area contributed by atoms with Crippen LogP contribution in [0.3, 0.4) is 0 Å². The molecule has 0 heterocycles. The quantitative estimate of drug-likeness (QED) is 0.717. The molecule has 0 saturated heterocycles. The molecule has 0 spiro atoms. The normalized spacial score (nSPS) is 9.89. The lowest BCUT2D eigenvalue weighted by molar-refractivity contribution is -0.145. The highest BCUT2D eigenvalue weighted by atomic mass is 79.9. The lowest BCUT2D eigenvalue weighted by Gasteiger charge is -2.11. The molecule has 1 aromatic carbocycles. The van der Waals surface area contributed by atoms with Gasteiger partial charge in [-0.05, 0) is 50.9 Å². The minimum Gasteiger partial charge on any atom is -0.480 e. The standard InChI is InChI=1S/C12H12Br2O5/c1-3-18-10(15)6-19-11-8(13)4-7(5-9(11)14)12(16)17-2/h4-5H,3,6H2,1-2H3. The number of carbonyl (C=O) groups excluding carboxylic acids is 2. The smallest absolute Gasteiger partial charge is 0.344 e. The summed E-state index contributed by atoms with van der Waals surface area (Å²) in [6.45, 7) is 1.81. The number of rotatable bonds is 5. The third-order valence-corrected chi connectivity index (χ3v) is 3.24. The number of hydrogen-bond acceptors (Lipinski definition) is 5. The molecule has 0 amide bonds. The van der Waals surface area contributed by atoms with Crippen molar-refractivity contribution in [1.82, 2.24) is 0 Å². The summed E-state index contributed by atoms with van der Waals surface area (Å²) >= 11 is 6.54. The van der Waals surface area contributed by atoms with Crippen LogP contribution in [0.4, 0.5) is 0 Å². The summed E-state index contributed by atoms with van der Waals surface area (Å²) in [6.07, 6.45) is 0. The second-order valence-corrected chi connectivity index (χ2v) is 5.06. The van der Waals surface area contributed by atoms with Crippen LogP contribution < -0.4 is 4.74 Å². The van der Waals surface area contributed by atoms with Crippen molar-refractivity contribution < 1.29 is 23.8 Å². The third kappa shape index (κ3) is 4.50. The van der Waals surface area contributed by atoms with Crippen LogP contribution in [0.15, 0.2) is 21.1 Å². The molecule has 0 unspecified atom stereocenters. The largest absolute Gasteiger partial charge is 0.480 e. The molecule has 104 valence electrons. The number of hydrogen-bond donors (Lipinski definition) is 0. The summed E-state index contributed by atoms with van der Waals surface area (Å²) < 4.78 is 15.8. The molecule has 1 rings (SSSR count). The highest BCUT2D eigenvalue weighted by Crippen LogP contribution is 2.35. The Morgan fingerprint density at radius 2 is 1.79 bits per heavy atom. The average Bonchev–Trinajstić information content (AvgIpc) is 2.36. The zero-order valence-corrected chi connectivity index (χ0v) is 13.5. The zero-order valence-electron chi connectivity index (χ0n) is 10.4. The maximum Gasteiger partial charge on any atom is 0.344 e. The lowest BCUT2D eigenvalue weighted by Crippen LogP contribution is -2.15.